The summed E-state index contributed by atoms with van der Waals surface area (Å²) in [6.07, 6.45) is 9.27. The third-order valence-electron chi connectivity index (χ3n) is 9.69. The molecule has 1 aromatic carbocycles. The average molecular weight is 687 g/mol. The van der Waals surface area contributed by atoms with Gasteiger partial charge in [-0.1, -0.05) is 52.3 Å². The Morgan fingerprint density at radius 3 is 2.48 bits per heavy atom. The van der Waals surface area contributed by atoms with Gasteiger partial charge in [-0.3, -0.25) is 4.98 Å². The van der Waals surface area contributed by atoms with Crippen molar-refractivity contribution in [3.8, 4) is 17.1 Å². The molecule has 0 spiro atoms. The maximum Gasteiger partial charge on any atom is 0.192 e. The summed E-state index contributed by atoms with van der Waals surface area (Å²) < 4.78 is 24.6. The standard InChI is InChI=1S/C38H54N6O2SSi/c1-11-14-34(42-47(45)37(2,3)4)33-17-13-16-32(41-33)28-23-30(27-19-21-43(8)22-20-27)31-25-39-44(35(31)24-28)36-18-12-15-29(40-36)26-46-48(9,10)38(5,6)7/h12-13,15-19,21,23-25,27,34,42H,11,14,20,22,26H2,1-10H3/t27?,34-,47?/m0/s1. The van der Waals surface area contributed by atoms with Gasteiger partial charge in [0.2, 0.25) is 0 Å². The highest BCUT2D eigenvalue weighted by atomic mass is 32.2. The minimum Gasteiger partial charge on any atom is -0.598 e. The van der Waals surface area contributed by atoms with Crippen LogP contribution >= 0.6 is 0 Å². The topological polar surface area (TPSA) is 91.2 Å². The maximum atomic E-state index is 13.1. The maximum absolute atomic E-state index is 13.1. The second-order valence-electron chi connectivity index (χ2n) is 15.6. The van der Waals surface area contributed by atoms with Gasteiger partial charge in [-0.15, -0.1) is 4.72 Å². The SMILES string of the molecule is CCC[C@H](N[S+]([O-])C(C)(C)C)c1cccc(-c2cc(C3C=CN(C)CC3)c3cnn(-c4cccc(CO[Si](C)(C)C(C)(C)C)n4)c3c2)n1. The second-order valence-corrected chi connectivity index (χ2v) is 22.4. The van der Waals surface area contributed by atoms with Gasteiger partial charge in [0.1, 0.15) is 4.75 Å². The molecular formula is C38H54N6O2SSi. The molecule has 1 N–H and O–H groups in total. The zero-order valence-corrected chi connectivity index (χ0v) is 32.3. The second kappa shape index (κ2) is 14.4. The lowest BCUT2D eigenvalue weighted by Gasteiger charge is -2.36. The number of nitrogens with zero attached hydrogens (tertiary/aromatic N) is 5. The van der Waals surface area contributed by atoms with E-state index in [9.17, 15) is 4.55 Å². The van der Waals surface area contributed by atoms with Crippen molar-refractivity contribution < 1.29 is 8.98 Å². The van der Waals surface area contributed by atoms with Crippen molar-refractivity contribution in [2.75, 3.05) is 13.6 Å². The van der Waals surface area contributed by atoms with Crippen molar-refractivity contribution in [2.45, 2.75) is 109 Å². The van der Waals surface area contributed by atoms with Crippen LogP contribution in [-0.4, -0.2) is 55.9 Å². The first-order valence-electron chi connectivity index (χ1n) is 17.2. The molecule has 8 nitrogen and oxygen atoms in total. The minimum absolute atomic E-state index is 0.110. The van der Waals surface area contributed by atoms with E-state index < -0.39 is 19.7 Å². The van der Waals surface area contributed by atoms with E-state index in [2.05, 4.69) is 94.0 Å². The van der Waals surface area contributed by atoms with E-state index in [0.717, 1.165) is 65.2 Å². The van der Waals surface area contributed by atoms with Crippen LogP contribution in [0.4, 0.5) is 0 Å². The number of rotatable bonds is 11. The number of pyridine rings is 2. The number of hydrogen-bond donors (Lipinski definition) is 1. The molecule has 5 rings (SSSR count). The van der Waals surface area contributed by atoms with E-state index in [1.54, 1.807) is 0 Å². The number of benzene rings is 1. The van der Waals surface area contributed by atoms with Crippen LogP contribution in [0.3, 0.4) is 0 Å². The smallest absolute Gasteiger partial charge is 0.192 e. The van der Waals surface area contributed by atoms with Gasteiger partial charge in [0, 0.05) is 41.8 Å². The molecule has 258 valence electrons. The lowest BCUT2D eigenvalue weighted by Crippen LogP contribution is -2.41. The van der Waals surface area contributed by atoms with Crippen molar-refractivity contribution in [1.29, 1.82) is 0 Å². The van der Waals surface area contributed by atoms with Gasteiger partial charge in [0.25, 0.3) is 0 Å². The Bertz CT molecular complexity index is 1740. The van der Waals surface area contributed by atoms with Crippen LogP contribution in [0.15, 0.2) is 67.0 Å². The Morgan fingerprint density at radius 2 is 1.81 bits per heavy atom. The summed E-state index contributed by atoms with van der Waals surface area (Å²) in [4.78, 5) is 12.5. The summed E-state index contributed by atoms with van der Waals surface area (Å²) in [6.45, 7) is 20.9. The van der Waals surface area contributed by atoms with E-state index in [4.69, 9.17) is 19.5 Å². The first kappa shape index (κ1) is 36.3. The number of fused-ring (bicyclic) bond motifs is 1. The average Bonchev–Trinajstić information content (AvgIpc) is 3.47. The van der Waals surface area contributed by atoms with Gasteiger partial charge in [-0.25, -0.2) is 9.67 Å². The Hall–Kier alpha value is -3.02. The molecule has 3 aromatic heterocycles. The zero-order chi connectivity index (χ0) is 34.9. The van der Waals surface area contributed by atoms with Gasteiger partial charge in [-0.2, -0.15) is 5.10 Å². The monoisotopic (exact) mass is 686 g/mol. The normalized spacial score (nSPS) is 17.2. The number of nitrogens with one attached hydrogen (secondary N) is 1. The van der Waals surface area contributed by atoms with E-state index in [1.807, 2.05) is 55.9 Å². The summed E-state index contributed by atoms with van der Waals surface area (Å²) in [6, 6.07) is 16.6. The van der Waals surface area contributed by atoms with E-state index in [-0.39, 0.29) is 21.7 Å². The third kappa shape index (κ3) is 8.22. The molecule has 0 radical (unpaired) electrons. The summed E-state index contributed by atoms with van der Waals surface area (Å²) in [5, 5.41) is 6.15. The predicted octanol–water partition coefficient (Wildman–Crippen LogP) is 8.83. The molecule has 0 bridgehead atoms. The molecule has 48 heavy (non-hydrogen) atoms. The van der Waals surface area contributed by atoms with Gasteiger partial charge >= 0.3 is 0 Å². The number of aromatic nitrogens is 4. The van der Waals surface area contributed by atoms with Gasteiger partial charge < -0.3 is 13.9 Å². The molecule has 0 saturated carbocycles. The van der Waals surface area contributed by atoms with Crippen LogP contribution in [0.5, 0.6) is 0 Å². The minimum atomic E-state index is -1.93. The lowest BCUT2D eigenvalue weighted by molar-refractivity contribution is 0.272. The molecule has 4 aromatic rings. The highest BCUT2D eigenvalue weighted by Gasteiger charge is 2.37. The van der Waals surface area contributed by atoms with Gasteiger partial charge in [-0.05, 0) is 99.9 Å². The van der Waals surface area contributed by atoms with Gasteiger partial charge in [0.05, 0.1) is 41.4 Å². The first-order chi connectivity index (χ1) is 22.6. The van der Waals surface area contributed by atoms with Crippen LogP contribution in [-0.2, 0) is 22.4 Å². The Morgan fingerprint density at radius 1 is 1.06 bits per heavy atom. The van der Waals surface area contributed by atoms with Crippen molar-refractivity contribution >= 4 is 30.6 Å². The Labute approximate surface area is 291 Å². The van der Waals surface area contributed by atoms with E-state index >= 15 is 0 Å². The third-order valence-corrected chi connectivity index (χ3v) is 15.8. The summed E-state index contributed by atoms with van der Waals surface area (Å²) >= 11 is -1.21. The molecule has 0 saturated heterocycles. The molecule has 0 fully saturated rings. The Kier molecular flexibility index (Phi) is 10.9. The highest BCUT2D eigenvalue weighted by Crippen LogP contribution is 2.38. The van der Waals surface area contributed by atoms with Crippen molar-refractivity contribution in [2.24, 2.45) is 0 Å². The first-order valence-corrected chi connectivity index (χ1v) is 21.3. The van der Waals surface area contributed by atoms with Crippen molar-refractivity contribution in [3.05, 3.63) is 84.0 Å². The van der Waals surface area contributed by atoms with Crippen LogP contribution in [0.1, 0.15) is 96.6 Å². The number of hydrogen-bond acceptors (Lipinski definition) is 7. The fourth-order valence-electron chi connectivity index (χ4n) is 5.62. The summed E-state index contributed by atoms with van der Waals surface area (Å²) in [5.74, 6) is 1.02. The molecule has 1 aliphatic rings. The van der Waals surface area contributed by atoms with Crippen molar-refractivity contribution in [1.82, 2.24) is 29.4 Å². The molecule has 2 unspecified atom stereocenters. The summed E-state index contributed by atoms with van der Waals surface area (Å²) in [7, 11) is 0.189. The summed E-state index contributed by atoms with van der Waals surface area (Å²) in [5.41, 5.74) is 5.94. The lowest BCUT2D eigenvalue weighted by atomic mass is 9.89. The molecule has 10 heteroatoms. The largest absolute Gasteiger partial charge is 0.598 e. The predicted molar refractivity (Wildman–Crippen MR) is 202 cm³/mol. The molecule has 4 heterocycles. The molecule has 1 aliphatic heterocycles. The zero-order valence-electron chi connectivity index (χ0n) is 30.5. The molecular weight excluding hydrogens is 633 g/mol. The van der Waals surface area contributed by atoms with Crippen LogP contribution in [0.25, 0.3) is 28.0 Å². The highest BCUT2D eigenvalue weighted by molar-refractivity contribution is 7.90. The molecule has 0 aliphatic carbocycles. The quantitative estimate of drug-likeness (QED) is 0.125. The molecule has 3 atom stereocenters. The van der Waals surface area contributed by atoms with Crippen LogP contribution < -0.4 is 4.72 Å². The fourth-order valence-corrected chi connectivity index (χ4v) is 7.41. The van der Waals surface area contributed by atoms with Crippen LogP contribution in [0, 0.1) is 0 Å². The van der Waals surface area contributed by atoms with Gasteiger partial charge in [0.15, 0.2) is 14.1 Å². The Balaban J connectivity index is 1.58. The van der Waals surface area contributed by atoms with Crippen LogP contribution in [0.2, 0.25) is 18.1 Å². The number of allylic oxidation sites excluding steroid dienone is 1. The fraction of sp³-hybridized carbons (Fsp3) is 0.500. The van der Waals surface area contributed by atoms with Crippen molar-refractivity contribution in [3.63, 3.8) is 0 Å². The van der Waals surface area contributed by atoms with E-state index in [0.29, 0.717) is 6.61 Å². The molecule has 0 amide bonds. The van der Waals surface area contributed by atoms with E-state index in [1.165, 1.54) is 5.56 Å².